The SMILES string of the molecule is Cc1ccc(S(=O)(=O)N2N=CC(C)(C)C3CCc4ccccc4C32)cc1. The summed E-state index contributed by atoms with van der Waals surface area (Å²) >= 11 is 0. The molecule has 0 N–H and O–H groups in total. The van der Waals surface area contributed by atoms with Crippen molar-refractivity contribution in [2.45, 2.75) is 44.6 Å². The Morgan fingerprint density at radius 3 is 2.50 bits per heavy atom. The number of hydrogen-bond donors (Lipinski definition) is 0. The Balaban J connectivity index is 1.87. The van der Waals surface area contributed by atoms with Gasteiger partial charge in [0, 0.05) is 11.6 Å². The van der Waals surface area contributed by atoms with Crippen LogP contribution < -0.4 is 0 Å². The molecule has 1 aliphatic carbocycles. The number of aryl methyl sites for hydroxylation is 2. The van der Waals surface area contributed by atoms with Gasteiger partial charge in [-0.25, -0.2) is 0 Å². The highest BCUT2D eigenvalue weighted by Crippen LogP contribution is 2.50. The second-order valence-corrected chi connectivity index (χ2v) is 9.74. The molecule has 1 aliphatic heterocycles. The first kappa shape index (κ1) is 17.3. The van der Waals surface area contributed by atoms with Crippen molar-refractivity contribution >= 4 is 16.2 Å². The number of hydrazone groups is 1. The summed E-state index contributed by atoms with van der Waals surface area (Å²) in [7, 11) is -3.71. The third kappa shape index (κ3) is 2.65. The molecule has 0 radical (unpaired) electrons. The molecule has 0 saturated carbocycles. The van der Waals surface area contributed by atoms with Crippen LogP contribution in [0, 0.1) is 18.3 Å². The molecule has 0 bridgehead atoms. The van der Waals surface area contributed by atoms with Gasteiger partial charge < -0.3 is 0 Å². The molecule has 5 heteroatoms. The van der Waals surface area contributed by atoms with E-state index in [2.05, 4.69) is 31.1 Å². The molecule has 2 atom stereocenters. The van der Waals surface area contributed by atoms with Gasteiger partial charge in [-0.15, -0.1) is 0 Å². The van der Waals surface area contributed by atoms with Crippen LogP contribution in [0.2, 0.25) is 0 Å². The standard InChI is InChI=1S/C21H24N2O2S/c1-15-8-11-17(12-9-15)26(24,25)23-20-18-7-5-4-6-16(18)10-13-19(20)21(2,3)14-22-23/h4-9,11-12,14,19-20H,10,13H2,1-3H3. The van der Waals surface area contributed by atoms with Gasteiger partial charge in [-0.1, -0.05) is 55.8 Å². The molecule has 2 aromatic carbocycles. The van der Waals surface area contributed by atoms with Crippen LogP contribution in [0.15, 0.2) is 58.5 Å². The van der Waals surface area contributed by atoms with Crippen LogP contribution in [0.3, 0.4) is 0 Å². The third-order valence-corrected chi connectivity index (χ3v) is 7.42. The molecule has 2 aromatic rings. The first-order valence-corrected chi connectivity index (χ1v) is 10.5. The monoisotopic (exact) mass is 368 g/mol. The summed E-state index contributed by atoms with van der Waals surface area (Å²) < 4.78 is 28.1. The Bertz CT molecular complexity index is 962. The molecule has 136 valence electrons. The lowest BCUT2D eigenvalue weighted by Crippen LogP contribution is -2.47. The van der Waals surface area contributed by atoms with Crippen molar-refractivity contribution in [1.82, 2.24) is 4.41 Å². The lowest BCUT2D eigenvalue weighted by molar-refractivity contribution is 0.126. The van der Waals surface area contributed by atoms with Gasteiger partial charge >= 0.3 is 0 Å². The summed E-state index contributed by atoms with van der Waals surface area (Å²) in [5, 5.41) is 4.46. The minimum atomic E-state index is -3.71. The lowest BCUT2D eigenvalue weighted by Gasteiger charge is -2.47. The van der Waals surface area contributed by atoms with Crippen LogP contribution in [0.4, 0.5) is 0 Å². The molecule has 4 nitrogen and oxygen atoms in total. The number of rotatable bonds is 2. The van der Waals surface area contributed by atoms with Gasteiger partial charge in [0.05, 0.1) is 10.9 Å². The molecule has 26 heavy (non-hydrogen) atoms. The second-order valence-electron chi connectivity index (χ2n) is 7.95. The van der Waals surface area contributed by atoms with Crippen molar-refractivity contribution in [3.8, 4) is 0 Å². The lowest BCUT2D eigenvalue weighted by atomic mass is 9.67. The van der Waals surface area contributed by atoms with Gasteiger partial charge in [0.15, 0.2) is 0 Å². The molecular weight excluding hydrogens is 344 g/mol. The summed E-state index contributed by atoms with van der Waals surface area (Å²) in [6.07, 6.45) is 3.75. The molecule has 0 fully saturated rings. The van der Waals surface area contributed by atoms with Gasteiger partial charge in [-0.3, -0.25) is 0 Å². The van der Waals surface area contributed by atoms with Crippen molar-refractivity contribution in [2.75, 3.05) is 0 Å². The topological polar surface area (TPSA) is 49.7 Å². The van der Waals surface area contributed by atoms with E-state index in [9.17, 15) is 8.42 Å². The summed E-state index contributed by atoms with van der Waals surface area (Å²) in [4.78, 5) is 0.293. The van der Waals surface area contributed by atoms with Crippen molar-refractivity contribution in [1.29, 1.82) is 0 Å². The molecule has 1 heterocycles. The highest BCUT2D eigenvalue weighted by Gasteiger charge is 2.48. The first-order valence-electron chi connectivity index (χ1n) is 9.05. The van der Waals surface area contributed by atoms with Crippen molar-refractivity contribution in [2.24, 2.45) is 16.4 Å². The Morgan fingerprint density at radius 1 is 1.08 bits per heavy atom. The smallest absolute Gasteiger partial charge is 0.200 e. The van der Waals surface area contributed by atoms with Gasteiger partial charge in [-0.2, -0.15) is 17.9 Å². The highest BCUT2D eigenvalue weighted by molar-refractivity contribution is 7.89. The fraction of sp³-hybridized carbons (Fsp3) is 0.381. The molecular formula is C21H24N2O2S. The van der Waals surface area contributed by atoms with Gasteiger partial charge in [0.1, 0.15) is 0 Å². The molecule has 2 unspecified atom stereocenters. The Morgan fingerprint density at radius 2 is 1.77 bits per heavy atom. The van der Waals surface area contributed by atoms with E-state index in [1.54, 1.807) is 12.1 Å². The minimum absolute atomic E-state index is 0.141. The average Bonchev–Trinajstić information content (AvgIpc) is 2.61. The van der Waals surface area contributed by atoms with Crippen molar-refractivity contribution in [3.63, 3.8) is 0 Å². The molecule has 2 aliphatic rings. The van der Waals surface area contributed by atoms with E-state index >= 15 is 0 Å². The highest BCUT2D eigenvalue weighted by atomic mass is 32.2. The fourth-order valence-corrected chi connectivity index (χ4v) is 5.62. The van der Waals surface area contributed by atoms with Crippen LogP contribution in [0.5, 0.6) is 0 Å². The number of fused-ring (bicyclic) bond motifs is 3. The molecule has 0 amide bonds. The van der Waals surface area contributed by atoms with Crippen LogP contribution >= 0.6 is 0 Å². The van der Waals surface area contributed by atoms with E-state index in [1.165, 1.54) is 9.98 Å². The van der Waals surface area contributed by atoms with Crippen LogP contribution in [0.1, 0.15) is 43.0 Å². The number of benzene rings is 2. The predicted octanol–water partition coefficient (Wildman–Crippen LogP) is 4.32. The summed E-state index contributed by atoms with van der Waals surface area (Å²) in [5.41, 5.74) is 3.21. The zero-order valence-electron chi connectivity index (χ0n) is 15.4. The van der Waals surface area contributed by atoms with E-state index in [1.807, 2.05) is 37.4 Å². The molecule has 0 saturated heterocycles. The van der Waals surface area contributed by atoms with E-state index in [-0.39, 0.29) is 17.4 Å². The average molecular weight is 369 g/mol. The van der Waals surface area contributed by atoms with Gasteiger partial charge in [0.2, 0.25) is 0 Å². The number of hydrogen-bond acceptors (Lipinski definition) is 3. The quantitative estimate of drug-likeness (QED) is 0.793. The number of sulfonamides is 1. The maximum atomic E-state index is 13.4. The van der Waals surface area contributed by atoms with E-state index < -0.39 is 10.0 Å². The summed E-state index contributed by atoms with van der Waals surface area (Å²) in [5.74, 6) is 0.204. The fourth-order valence-electron chi connectivity index (χ4n) is 4.19. The zero-order chi connectivity index (χ0) is 18.5. The van der Waals surface area contributed by atoms with E-state index in [4.69, 9.17) is 0 Å². The molecule has 4 rings (SSSR count). The first-order chi connectivity index (χ1) is 12.3. The van der Waals surface area contributed by atoms with E-state index in [0.717, 1.165) is 24.0 Å². The van der Waals surface area contributed by atoms with Crippen molar-refractivity contribution < 1.29 is 8.42 Å². The minimum Gasteiger partial charge on any atom is -0.200 e. The molecule has 0 spiro atoms. The second kappa shape index (κ2) is 5.95. The Labute approximate surface area is 155 Å². The maximum absolute atomic E-state index is 13.4. The Hall–Kier alpha value is -2.14. The van der Waals surface area contributed by atoms with E-state index in [0.29, 0.717) is 4.90 Å². The summed E-state index contributed by atoms with van der Waals surface area (Å²) in [6, 6.07) is 14.9. The van der Waals surface area contributed by atoms with Gasteiger partial charge in [0.25, 0.3) is 10.0 Å². The predicted molar refractivity (Wildman–Crippen MR) is 103 cm³/mol. The zero-order valence-corrected chi connectivity index (χ0v) is 16.2. The van der Waals surface area contributed by atoms with Crippen LogP contribution in [0.25, 0.3) is 0 Å². The van der Waals surface area contributed by atoms with Crippen molar-refractivity contribution in [3.05, 3.63) is 65.2 Å². The third-order valence-electron chi connectivity index (χ3n) is 5.74. The van der Waals surface area contributed by atoms with Crippen LogP contribution in [-0.4, -0.2) is 19.0 Å². The van der Waals surface area contributed by atoms with Gasteiger partial charge in [-0.05, 0) is 48.9 Å². The molecule has 0 aromatic heterocycles. The largest absolute Gasteiger partial charge is 0.279 e. The Kier molecular flexibility index (Phi) is 3.95. The summed E-state index contributed by atoms with van der Waals surface area (Å²) in [6.45, 7) is 6.25. The normalized spacial score (nSPS) is 24.0. The maximum Gasteiger partial charge on any atom is 0.279 e. The van der Waals surface area contributed by atoms with Crippen LogP contribution in [-0.2, 0) is 16.4 Å². The number of nitrogens with zero attached hydrogens (tertiary/aromatic N) is 2.